The number of nitrogens with one attached hydrogen (secondary N) is 1. The second kappa shape index (κ2) is 13.7. The van der Waals surface area contributed by atoms with Crippen LogP contribution in [0.25, 0.3) is 0 Å². The zero-order valence-corrected chi connectivity index (χ0v) is 35.2. The van der Waals surface area contributed by atoms with E-state index in [1.807, 2.05) is 13.8 Å². The molecule has 0 unspecified atom stereocenters. The molecule has 6 aliphatic carbocycles. The zero-order valence-electron chi connectivity index (χ0n) is 35.2. The molecule has 0 radical (unpaired) electrons. The van der Waals surface area contributed by atoms with Gasteiger partial charge in [0.05, 0.1) is 18.4 Å². The number of allylic oxidation sites excluding steroid dienone is 2. The van der Waals surface area contributed by atoms with Crippen LogP contribution in [-0.4, -0.2) is 65.9 Å². The Morgan fingerprint density at radius 2 is 1.54 bits per heavy atom. The molecule has 0 aromatic rings. The third-order valence-electron chi connectivity index (χ3n) is 18.4. The Morgan fingerprint density at radius 1 is 0.833 bits per heavy atom. The number of aliphatic carboxylic acids is 1. The highest BCUT2D eigenvalue weighted by molar-refractivity contribution is 6.00. The molecule has 7 rings (SSSR count). The number of likely N-dealkylation sites (tertiary alicyclic amines) is 1. The third-order valence-corrected chi connectivity index (χ3v) is 18.4. The number of ketones is 1. The van der Waals surface area contributed by atoms with Crippen molar-refractivity contribution in [2.45, 2.75) is 158 Å². The van der Waals surface area contributed by atoms with Crippen molar-refractivity contribution in [3.8, 4) is 0 Å². The van der Waals surface area contributed by atoms with Gasteiger partial charge in [-0.2, -0.15) is 0 Å². The molecule has 8 heteroatoms. The number of carboxylic acid groups (broad SMARTS) is 1. The van der Waals surface area contributed by atoms with Crippen LogP contribution >= 0.6 is 0 Å². The van der Waals surface area contributed by atoms with Gasteiger partial charge in [-0.15, -0.1) is 0 Å². The summed E-state index contributed by atoms with van der Waals surface area (Å²) in [6.07, 6.45) is 13.8. The van der Waals surface area contributed by atoms with Gasteiger partial charge in [-0.25, -0.2) is 0 Å². The highest BCUT2D eigenvalue weighted by Crippen LogP contribution is 2.77. The Morgan fingerprint density at radius 3 is 2.19 bits per heavy atom. The molecule has 6 fully saturated rings. The van der Waals surface area contributed by atoms with Crippen LogP contribution in [0.5, 0.6) is 0 Å². The first-order chi connectivity index (χ1) is 25.2. The molecule has 8 nitrogen and oxygen atoms in total. The average Bonchev–Trinajstić information content (AvgIpc) is 3.38. The molecule has 1 saturated heterocycles. The minimum atomic E-state index is -0.821. The largest absolute Gasteiger partial charge is 0.481 e. The van der Waals surface area contributed by atoms with E-state index in [4.69, 9.17) is 4.74 Å². The number of Topliss-reactive ketones (excluding diaryl/α,β-unsaturated/α-hetero) is 1. The summed E-state index contributed by atoms with van der Waals surface area (Å²) >= 11 is 0. The van der Waals surface area contributed by atoms with Gasteiger partial charge in [-0.05, 0) is 141 Å². The molecule has 302 valence electrons. The quantitative estimate of drug-likeness (QED) is 0.227. The lowest BCUT2D eigenvalue weighted by atomic mass is 9.33. The molecule has 1 heterocycles. The van der Waals surface area contributed by atoms with Gasteiger partial charge in [0.1, 0.15) is 6.10 Å². The molecule has 2 N–H and O–H groups in total. The monoisotopic (exact) mass is 749 g/mol. The van der Waals surface area contributed by atoms with E-state index in [-0.39, 0.29) is 56.9 Å². The first kappa shape index (κ1) is 40.0. The SMILES string of the molecule is CC(C)C1=C2[C@H]3CC[C@@H]4[C@@]5(C)CC[C@H](OC(=O)[C@H]6C[C@@H](C(=O)O)C6(C)C)C(C)(C)[C@@H]5CC[C@@]4(C)[C@]3(C)CC[C@@]2(CCNC(=O)CN2CCCCC2)CC1=O. The minimum Gasteiger partial charge on any atom is -0.481 e. The maximum absolute atomic E-state index is 14.0. The molecule has 5 saturated carbocycles. The van der Waals surface area contributed by atoms with E-state index in [0.717, 1.165) is 76.5 Å². The number of ether oxygens (including phenoxy) is 1. The number of rotatable bonds is 9. The molecule has 0 spiro atoms. The predicted octanol–water partition coefficient (Wildman–Crippen LogP) is 8.62. The Hall–Kier alpha value is -2.22. The van der Waals surface area contributed by atoms with E-state index in [1.54, 1.807) is 0 Å². The molecule has 0 aromatic carbocycles. The Labute approximate surface area is 325 Å². The van der Waals surface area contributed by atoms with Crippen LogP contribution in [0.3, 0.4) is 0 Å². The number of hydrogen-bond acceptors (Lipinski definition) is 6. The molecule has 0 aromatic heterocycles. The normalized spacial score (nSPS) is 42.6. The predicted molar refractivity (Wildman–Crippen MR) is 210 cm³/mol. The number of esters is 1. The smallest absolute Gasteiger partial charge is 0.309 e. The maximum Gasteiger partial charge on any atom is 0.309 e. The lowest BCUT2D eigenvalue weighted by molar-refractivity contribution is -0.236. The molecular weight excluding hydrogens is 677 g/mol. The summed E-state index contributed by atoms with van der Waals surface area (Å²) in [5, 5.41) is 12.9. The molecular formula is C46H72N2O6. The van der Waals surface area contributed by atoms with Crippen LogP contribution in [0.15, 0.2) is 11.1 Å². The van der Waals surface area contributed by atoms with Crippen LogP contribution in [0.4, 0.5) is 0 Å². The van der Waals surface area contributed by atoms with Crippen molar-refractivity contribution in [3.05, 3.63) is 11.1 Å². The number of carboxylic acids is 1. The molecule has 0 bridgehead atoms. The second-order valence-electron chi connectivity index (χ2n) is 21.7. The van der Waals surface area contributed by atoms with E-state index in [2.05, 4.69) is 58.7 Å². The van der Waals surface area contributed by atoms with Crippen LogP contribution in [0, 0.1) is 68.0 Å². The van der Waals surface area contributed by atoms with E-state index in [0.29, 0.717) is 49.5 Å². The summed E-state index contributed by atoms with van der Waals surface area (Å²) < 4.78 is 6.42. The third kappa shape index (κ3) is 5.98. The summed E-state index contributed by atoms with van der Waals surface area (Å²) in [7, 11) is 0. The number of nitrogens with zero attached hydrogens (tertiary/aromatic N) is 1. The lowest BCUT2D eigenvalue weighted by Crippen LogP contribution is -2.66. The topological polar surface area (TPSA) is 113 Å². The lowest BCUT2D eigenvalue weighted by Gasteiger charge is -2.72. The Balaban J connectivity index is 1.09. The molecule has 10 atom stereocenters. The summed E-state index contributed by atoms with van der Waals surface area (Å²) in [6, 6.07) is 0. The molecule has 7 aliphatic rings. The highest BCUT2D eigenvalue weighted by Gasteiger charge is 2.70. The molecule has 1 amide bonds. The standard InChI is InChI=1S/C46H72N2O6/c1-28(2)37-32(49)26-46(21-22-47-36(50)27-48-23-11-10-12-24-48)20-19-44(8)29(38(37)46)13-14-34-43(7)17-16-35(42(5,6)33(43)15-18-45(34,44)9)54-40(53)31-25-30(39(51)52)41(31,3)4/h28-31,33-35H,10-27H2,1-9H3,(H,47,50)(H,51,52)/t29-,30+,31-,33+,34-,35+,43+,44-,45-,46-/m1/s1. The van der Waals surface area contributed by atoms with Gasteiger partial charge in [-0.1, -0.05) is 74.3 Å². The number of hydrogen-bond donors (Lipinski definition) is 2. The van der Waals surface area contributed by atoms with Crippen molar-refractivity contribution in [3.63, 3.8) is 0 Å². The van der Waals surface area contributed by atoms with E-state index >= 15 is 0 Å². The fourth-order valence-electron chi connectivity index (χ4n) is 15.0. The van der Waals surface area contributed by atoms with Gasteiger partial charge in [-0.3, -0.25) is 24.1 Å². The van der Waals surface area contributed by atoms with Gasteiger partial charge in [0.25, 0.3) is 0 Å². The fraction of sp³-hybridized carbons (Fsp3) is 0.870. The highest BCUT2D eigenvalue weighted by atomic mass is 16.5. The van der Waals surface area contributed by atoms with Crippen LogP contribution in [0.1, 0.15) is 152 Å². The van der Waals surface area contributed by atoms with Gasteiger partial charge in [0.15, 0.2) is 5.78 Å². The van der Waals surface area contributed by atoms with Gasteiger partial charge < -0.3 is 15.2 Å². The number of carbonyl (C=O) groups excluding carboxylic acids is 3. The second-order valence-corrected chi connectivity index (χ2v) is 21.7. The summed E-state index contributed by atoms with van der Waals surface area (Å²) in [5.41, 5.74) is 1.98. The Kier molecular flexibility index (Phi) is 10.2. The number of amides is 1. The van der Waals surface area contributed by atoms with Crippen molar-refractivity contribution < 1.29 is 29.0 Å². The van der Waals surface area contributed by atoms with E-state index < -0.39 is 17.3 Å². The van der Waals surface area contributed by atoms with Crippen molar-refractivity contribution >= 4 is 23.6 Å². The fourth-order valence-corrected chi connectivity index (χ4v) is 15.0. The average molecular weight is 749 g/mol. The summed E-state index contributed by atoms with van der Waals surface area (Å²) in [5.74, 6) is 0.126. The first-order valence-electron chi connectivity index (χ1n) is 21.9. The van der Waals surface area contributed by atoms with Crippen LogP contribution < -0.4 is 5.32 Å². The van der Waals surface area contributed by atoms with Crippen molar-refractivity contribution in [2.75, 3.05) is 26.2 Å². The molecule has 54 heavy (non-hydrogen) atoms. The first-order valence-corrected chi connectivity index (χ1v) is 21.9. The zero-order chi connectivity index (χ0) is 39.2. The van der Waals surface area contributed by atoms with Gasteiger partial charge >= 0.3 is 11.9 Å². The summed E-state index contributed by atoms with van der Waals surface area (Å²) in [6.45, 7) is 23.8. The Bertz CT molecular complexity index is 1570. The van der Waals surface area contributed by atoms with Crippen molar-refractivity contribution in [1.29, 1.82) is 0 Å². The number of carbonyl (C=O) groups is 4. The number of piperidine rings is 1. The summed E-state index contributed by atoms with van der Waals surface area (Å²) in [4.78, 5) is 54.8. The van der Waals surface area contributed by atoms with Gasteiger partial charge in [0.2, 0.25) is 5.91 Å². The van der Waals surface area contributed by atoms with Crippen molar-refractivity contribution in [2.24, 2.45) is 68.0 Å². The molecule has 1 aliphatic heterocycles. The van der Waals surface area contributed by atoms with E-state index in [9.17, 15) is 24.3 Å². The number of fused-ring (bicyclic) bond motifs is 7. The van der Waals surface area contributed by atoms with Crippen LogP contribution in [-0.2, 0) is 23.9 Å². The van der Waals surface area contributed by atoms with Gasteiger partial charge in [0, 0.05) is 23.8 Å². The minimum absolute atomic E-state index is 0.0783. The van der Waals surface area contributed by atoms with E-state index in [1.165, 1.54) is 24.8 Å². The van der Waals surface area contributed by atoms with Crippen LogP contribution in [0.2, 0.25) is 0 Å². The van der Waals surface area contributed by atoms with Crippen molar-refractivity contribution in [1.82, 2.24) is 10.2 Å². The maximum atomic E-state index is 14.0.